The van der Waals surface area contributed by atoms with Gasteiger partial charge in [0.2, 0.25) is 0 Å². The second-order valence-electron chi connectivity index (χ2n) is 6.39. The van der Waals surface area contributed by atoms with Crippen molar-refractivity contribution in [3.8, 4) is 0 Å². The summed E-state index contributed by atoms with van der Waals surface area (Å²) in [6.45, 7) is 0. The molecule has 0 radical (unpaired) electrons. The molecular formula is C26H19Cl2Zr-. The molecule has 0 aliphatic heterocycles. The van der Waals surface area contributed by atoms with Crippen molar-refractivity contribution in [2.75, 3.05) is 0 Å². The molecule has 29 heavy (non-hydrogen) atoms. The van der Waals surface area contributed by atoms with Crippen LogP contribution in [0.3, 0.4) is 0 Å². The molecule has 0 nitrogen and oxygen atoms in total. The van der Waals surface area contributed by atoms with Crippen LogP contribution in [0.5, 0.6) is 0 Å². The Kier molecular flexibility index (Phi) is 9.12. The Balaban J connectivity index is 0.000000378. The van der Waals surface area contributed by atoms with Crippen LogP contribution >= 0.6 is 0 Å². The van der Waals surface area contributed by atoms with Crippen LogP contribution in [0.15, 0.2) is 115 Å². The predicted octanol–water partition coefficient (Wildman–Crippen LogP) is 0.522. The van der Waals surface area contributed by atoms with Crippen LogP contribution in [0.1, 0.15) is 11.1 Å². The van der Waals surface area contributed by atoms with Crippen molar-refractivity contribution in [3.05, 3.63) is 126 Å². The average molecular weight is 494 g/mol. The van der Waals surface area contributed by atoms with Gasteiger partial charge in [0.25, 0.3) is 0 Å². The number of benzene rings is 4. The zero-order valence-corrected chi connectivity index (χ0v) is 19.7. The first-order valence-electron chi connectivity index (χ1n) is 9.06. The SMILES string of the molecule is [Cl-].[Cl-].[Zr+2]=[C](c1cccc2ccccc12)c1cccc2ccccc12.c1cc[cH-]c1. The molecule has 0 aromatic heterocycles. The zero-order chi connectivity index (χ0) is 18.5. The molecule has 0 amide bonds. The number of hydrogen-bond acceptors (Lipinski definition) is 0. The Morgan fingerprint density at radius 1 is 0.517 bits per heavy atom. The van der Waals surface area contributed by atoms with Gasteiger partial charge in [0, 0.05) is 0 Å². The van der Waals surface area contributed by atoms with Gasteiger partial charge in [-0.1, -0.05) is 0 Å². The monoisotopic (exact) mass is 491 g/mol. The fourth-order valence-electron chi connectivity index (χ4n) is 3.35. The largest absolute Gasteiger partial charge is 0.214 e. The van der Waals surface area contributed by atoms with Crippen LogP contribution in [0.4, 0.5) is 0 Å². The third-order valence-corrected chi connectivity index (χ3v) is 6.00. The van der Waals surface area contributed by atoms with E-state index in [2.05, 4.69) is 84.9 Å². The fourth-order valence-corrected chi connectivity index (χ4v) is 4.42. The van der Waals surface area contributed by atoms with Crippen molar-refractivity contribution in [2.24, 2.45) is 0 Å². The second kappa shape index (κ2) is 11.3. The number of rotatable bonds is 2. The molecule has 0 aliphatic carbocycles. The maximum Gasteiger partial charge on any atom is -0.172 e. The van der Waals surface area contributed by atoms with Gasteiger partial charge in [-0.3, -0.25) is 0 Å². The van der Waals surface area contributed by atoms with Gasteiger partial charge in [0.05, 0.1) is 0 Å². The van der Waals surface area contributed by atoms with Gasteiger partial charge >= 0.3 is 145 Å². The molecule has 0 spiro atoms. The second-order valence-corrected chi connectivity index (χ2v) is 7.62. The van der Waals surface area contributed by atoms with E-state index in [1.54, 1.807) is 0 Å². The fraction of sp³-hybridized carbons (Fsp3) is 0. The maximum absolute atomic E-state index is 2.24. The molecule has 5 aromatic carbocycles. The van der Waals surface area contributed by atoms with E-state index in [0.717, 1.165) is 0 Å². The van der Waals surface area contributed by atoms with E-state index in [1.165, 1.54) is 60.1 Å². The molecule has 142 valence electrons. The first-order chi connectivity index (χ1) is 13.3. The van der Waals surface area contributed by atoms with Crippen molar-refractivity contribution in [3.63, 3.8) is 0 Å². The summed E-state index contributed by atoms with van der Waals surface area (Å²) < 4.78 is 1.42. The molecule has 0 unspecified atom stereocenters. The van der Waals surface area contributed by atoms with Crippen molar-refractivity contribution < 1.29 is 49.0 Å². The number of hydrogen-bond donors (Lipinski definition) is 0. The van der Waals surface area contributed by atoms with E-state index in [4.69, 9.17) is 0 Å². The van der Waals surface area contributed by atoms with Crippen LogP contribution in [0, 0.1) is 0 Å². The molecule has 0 atom stereocenters. The Hall–Kier alpha value is -1.92. The Morgan fingerprint density at radius 3 is 1.34 bits per heavy atom. The minimum Gasteiger partial charge on any atom is -0.214 e. The van der Waals surface area contributed by atoms with E-state index in [0.29, 0.717) is 0 Å². The van der Waals surface area contributed by atoms with Gasteiger partial charge < -0.3 is 24.8 Å². The molecule has 5 aromatic rings. The average Bonchev–Trinajstić information content (AvgIpc) is 3.33. The first-order valence-corrected chi connectivity index (χ1v) is 10.3. The zero-order valence-electron chi connectivity index (χ0n) is 15.7. The smallest absolute Gasteiger partial charge is 0.172 e. The van der Waals surface area contributed by atoms with Gasteiger partial charge in [-0.15, -0.1) is 0 Å². The summed E-state index contributed by atoms with van der Waals surface area (Å²) in [5.74, 6) is 0. The van der Waals surface area contributed by atoms with E-state index >= 15 is 0 Å². The molecule has 0 N–H and O–H groups in total. The van der Waals surface area contributed by atoms with E-state index in [1.807, 2.05) is 30.3 Å². The molecule has 0 fully saturated rings. The van der Waals surface area contributed by atoms with E-state index < -0.39 is 0 Å². The summed E-state index contributed by atoms with van der Waals surface area (Å²) in [5, 5.41) is 5.29. The molecular weight excluding hydrogens is 474 g/mol. The van der Waals surface area contributed by atoms with E-state index in [9.17, 15) is 0 Å². The molecule has 5 rings (SSSR count). The molecule has 3 heteroatoms. The summed E-state index contributed by atoms with van der Waals surface area (Å²) in [7, 11) is 0. The van der Waals surface area contributed by atoms with Crippen molar-refractivity contribution >= 4 is 24.8 Å². The Bertz CT molecular complexity index is 1080. The Morgan fingerprint density at radius 2 is 0.931 bits per heavy atom. The maximum atomic E-state index is 2.24. The van der Waals surface area contributed by atoms with Crippen molar-refractivity contribution in [1.29, 1.82) is 0 Å². The Labute approximate surface area is 199 Å². The summed E-state index contributed by atoms with van der Waals surface area (Å²) >= 11 is 1.44. The van der Waals surface area contributed by atoms with Crippen LogP contribution in [0.25, 0.3) is 21.5 Å². The quantitative estimate of drug-likeness (QED) is 0.315. The van der Waals surface area contributed by atoms with Crippen LogP contribution in [-0.4, -0.2) is 3.21 Å². The summed E-state index contributed by atoms with van der Waals surface area (Å²) in [6.07, 6.45) is 0. The molecule has 0 saturated carbocycles. The van der Waals surface area contributed by atoms with Gasteiger partial charge in [0.15, 0.2) is 0 Å². The first kappa shape index (κ1) is 23.4. The van der Waals surface area contributed by atoms with Gasteiger partial charge in [-0.25, -0.2) is 12.1 Å². The van der Waals surface area contributed by atoms with Crippen molar-refractivity contribution in [1.82, 2.24) is 0 Å². The van der Waals surface area contributed by atoms with Gasteiger partial charge in [-0.2, -0.15) is 18.2 Å². The number of halogens is 2. The molecule has 0 heterocycles. The predicted molar refractivity (Wildman–Crippen MR) is 113 cm³/mol. The molecule has 0 saturated heterocycles. The third-order valence-electron chi connectivity index (χ3n) is 4.67. The van der Waals surface area contributed by atoms with Gasteiger partial charge in [-0.05, 0) is 0 Å². The summed E-state index contributed by atoms with van der Waals surface area (Å²) in [5.41, 5.74) is 2.71. The topological polar surface area (TPSA) is 0 Å². The van der Waals surface area contributed by atoms with Crippen LogP contribution < -0.4 is 24.8 Å². The number of fused-ring (bicyclic) bond motifs is 2. The van der Waals surface area contributed by atoms with Gasteiger partial charge in [0.1, 0.15) is 0 Å². The van der Waals surface area contributed by atoms with E-state index in [-0.39, 0.29) is 24.8 Å². The van der Waals surface area contributed by atoms with Crippen molar-refractivity contribution in [2.45, 2.75) is 0 Å². The normalized spacial score (nSPS) is 9.72. The summed E-state index contributed by atoms with van der Waals surface area (Å²) in [4.78, 5) is 0. The summed E-state index contributed by atoms with van der Waals surface area (Å²) in [6, 6.07) is 40.4. The molecule has 0 aliphatic rings. The third kappa shape index (κ3) is 5.37. The van der Waals surface area contributed by atoms with Crippen LogP contribution in [-0.2, 0) is 24.2 Å². The van der Waals surface area contributed by atoms with Crippen LogP contribution in [0.2, 0.25) is 0 Å². The molecule has 0 bridgehead atoms. The minimum absolute atomic E-state index is 0. The minimum atomic E-state index is 0. The standard InChI is InChI=1S/C21H14.C5H5.2ClH.Zr/c1-3-13-20-16(7-1)9-5-11-18(20)15-19-12-6-10-17-8-2-4-14-21(17)19;1-2-4-5-3-1;;;/h1-14H;1-5H;2*1H;/q;-1;;;+2/p-2.